The van der Waals surface area contributed by atoms with Gasteiger partial charge in [0, 0.05) is 19.8 Å². The zero-order valence-electron chi connectivity index (χ0n) is 11.3. The number of carbonyl (C=O) groups is 1. The van der Waals surface area contributed by atoms with Gasteiger partial charge in [0.15, 0.2) is 5.82 Å². The lowest BCUT2D eigenvalue weighted by Gasteiger charge is -2.07. The van der Waals surface area contributed by atoms with Crippen LogP contribution in [-0.4, -0.2) is 35.6 Å². The molecule has 0 unspecified atom stereocenters. The Morgan fingerprint density at radius 3 is 2.79 bits per heavy atom. The van der Waals surface area contributed by atoms with Gasteiger partial charge in [-0.2, -0.15) is 0 Å². The molecule has 0 aliphatic carbocycles. The quantitative estimate of drug-likeness (QED) is 0.361. The molecule has 0 radical (unpaired) electrons. The van der Waals surface area contributed by atoms with Crippen molar-refractivity contribution in [3.8, 4) is 0 Å². The minimum absolute atomic E-state index is 0.250. The molecule has 0 saturated carbocycles. The third-order valence-corrected chi connectivity index (χ3v) is 2.23. The van der Waals surface area contributed by atoms with Gasteiger partial charge in [0.05, 0.1) is 12.4 Å². The molecule has 1 aromatic rings. The van der Waals surface area contributed by atoms with Crippen LogP contribution < -0.4 is 16.6 Å². The fourth-order valence-corrected chi connectivity index (χ4v) is 1.31. The van der Waals surface area contributed by atoms with Crippen molar-refractivity contribution in [3.05, 3.63) is 18.1 Å². The number of hydrogen-bond donors (Lipinski definition) is 3. The van der Waals surface area contributed by atoms with Crippen molar-refractivity contribution < 1.29 is 9.53 Å². The van der Waals surface area contributed by atoms with Crippen molar-refractivity contribution in [2.24, 2.45) is 11.8 Å². The Morgan fingerprint density at radius 2 is 2.21 bits per heavy atom. The Labute approximate surface area is 112 Å². The van der Waals surface area contributed by atoms with Gasteiger partial charge in [-0.25, -0.2) is 15.8 Å². The maximum absolute atomic E-state index is 11.7. The van der Waals surface area contributed by atoms with E-state index >= 15 is 0 Å². The number of amides is 1. The lowest BCUT2D eigenvalue weighted by Crippen LogP contribution is -2.26. The van der Waals surface area contributed by atoms with Gasteiger partial charge in [0.1, 0.15) is 5.69 Å². The van der Waals surface area contributed by atoms with Crippen molar-refractivity contribution >= 4 is 11.7 Å². The molecule has 1 aromatic heterocycles. The number of hydrogen-bond acceptors (Lipinski definition) is 6. The molecule has 1 amide bonds. The number of hydrazine groups is 1. The van der Waals surface area contributed by atoms with E-state index in [-0.39, 0.29) is 11.6 Å². The van der Waals surface area contributed by atoms with E-state index in [0.717, 1.165) is 13.0 Å². The Bertz CT molecular complexity index is 380. The fraction of sp³-hybridized carbons (Fsp3) is 0.583. The van der Waals surface area contributed by atoms with Crippen LogP contribution in [-0.2, 0) is 4.74 Å². The molecule has 0 atom stereocenters. The van der Waals surface area contributed by atoms with Crippen LogP contribution in [0.15, 0.2) is 12.4 Å². The molecule has 0 fully saturated rings. The number of nitrogens with two attached hydrogens (primary N) is 1. The summed E-state index contributed by atoms with van der Waals surface area (Å²) in [5, 5.41) is 2.75. The van der Waals surface area contributed by atoms with Crippen molar-refractivity contribution in [1.29, 1.82) is 0 Å². The van der Waals surface area contributed by atoms with Gasteiger partial charge < -0.3 is 15.5 Å². The molecule has 19 heavy (non-hydrogen) atoms. The predicted octanol–water partition coefficient (Wildman–Crippen LogP) is 0.555. The number of anilines is 1. The largest absolute Gasteiger partial charge is 0.381 e. The molecule has 0 aliphatic heterocycles. The number of carbonyl (C=O) groups excluding carboxylic acids is 1. The molecule has 0 saturated heterocycles. The third kappa shape index (κ3) is 6.12. The summed E-state index contributed by atoms with van der Waals surface area (Å²) >= 11 is 0. The first-order valence-electron chi connectivity index (χ1n) is 6.28. The first kappa shape index (κ1) is 15.3. The Kier molecular flexibility index (Phi) is 6.76. The summed E-state index contributed by atoms with van der Waals surface area (Å²) in [7, 11) is 0. The van der Waals surface area contributed by atoms with Crippen molar-refractivity contribution in [1.82, 2.24) is 15.3 Å². The Morgan fingerprint density at radius 1 is 1.42 bits per heavy atom. The molecule has 0 aliphatic rings. The monoisotopic (exact) mass is 267 g/mol. The lowest BCUT2D eigenvalue weighted by atomic mass is 10.2. The van der Waals surface area contributed by atoms with Crippen molar-refractivity contribution in [2.45, 2.75) is 20.3 Å². The van der Waals surface area contributed by atoms with Gasteiger partial charge in [-0.05, 0) is 12.3 Å². The molecular formula is C12H21N5O2. The van der Waals surface area contributed by atoms with E-state index in [1.165, 1.54) is 12.4 Å². The second kappa shape index (κ2) is 8.39. The van der Waals surface area contributed by atoms with Crippen LogP contribution in [0.25, 0.3) is 0 Å². The van der Waals surface area contributed by atoms with E-state index in [4.69, 9.17) is 10.6 Å². The van der Waals surface area contributed by atoms with E-state index in [2.05, 4.69) is 34.6 Å². The summed E-state index contributed by atoms with van der Waals surface area (Å²) < 4.78 is 5.41. The molecule has 0 spiro atoms. The molecule has 7 nitrogen and oxygen atoms in total. The minimum Gasteiger partial charge on any atom is -0.381 e. The number of rotatable bonds is 8. The predicted molar refractivity (Wildman–Crippen MR) is 72.4 cm³/mol. The average Bonchev–Trinajstić information content (AvgIpc) is 2.42. The van der Waals surface area contributed by atoms with E-state index < -0.39 is 0 Å². The normalized spacial score (nSPS) is 10.5. The van der Waals surface area contributed by atoms with E-state index in [1.54, 1.807) is 0 Å². The van der Waals surface area contributed by atoms with Crippen LogP contribution in [0.1, 0.15) is 30.8 Å². The zero-order chi connectivity index (χ0) is 14.1. The molecule has 4 N–H and O–H groups in total. The summed E-state index contributed by atoms with van der Waals surface area (Å²) in [5.74, 6) is 5.85. The van der Waals surface area contributed by atoms with E-state index in [1.807, 2.05) is 0 Å². The highest BCUT2D eigenvalue weighted by Gasteiger charge is 2.06. The summed E-state index contributed by atoms with van der Waals surface area (Å²) in [6.07, 6.45) is 3.55. The molecule has 106 valence electrons. The first-order chi connectivity index (χ1) is 9.13. The average molecular weight is 267 g/mol. The van der Waals surface area contributed by atoms with Gasteiger partial charge in [-0.15, -0.1) is 0 Å². The number of nitrogen functional groups attached to an aromatic ring is 1. The van der Waals surface area contributed by atoms with Gasteiger partial charge >= 0.3 is 0 Å². The van der Waals surface area contributed by atoms with Gasteiger partial charge in [-0.3, -0.25) is 4.79 Å². The first-order valence-corrected chi connectivity index (χ1v) is 6.28. The standard InChI is InChI=1S/C12H21N5O2/c1-9(2)8-19-5-3-4-14-12(18)10-6-16-11(17-13)7-15-10/h6-7,9H,3-5,8,13H2,1-2H3,(H,14,18)(H,16,17). The SMILES string of the molecule is CC(C)COCCCNC(=O)c1cnc(NN)cn1. The molecule has 0 bridgehead atoms. The van der Waals surface area contributed by atoms with Crippen LogP contribution >= 0.6 is 0 Å². The Balaban J connectivity index is 2.20. The molecule has 1 heterocycles. The van der Waals surface area contributed by atoms with E-state index in [9.17, 15) is 4.79 Å². The highest BCUT2D eigenvalue weighted by Crippen LogP contribution is 1.98. The topological polar surface area (TPSA) is 102 Å². The van der Waals surface area contributed by atoms with Crippen LogP contribution in [0.4, 0.5) is 5.82 Å². The Hall–Kier alpha value is -1.73. The molecule has 1 rings (SSSR count). The molecular weight excluding hydrogens is 246 g/mol. The zero-order valence-corrected chi connectivity index (χ0v) is 11.3. The summed E-state index contributed by atoms with van der Waals surface area (Å²) in [5.41, 5.74) is 2.61. The summed E-state index contributed by atoms with van der Waals surface area (Å²) in [4.78, 5) is 19.5. The smallest absolute Gasteiger partial charge is 0.271 e. The van der Waals surface area contributed by atoms with Gasteiger partial charge in [0.2, 0.25) is 0 Å². The van der Waals surface area contributed by atoms with E-state index in [0.29, 0.717) is 24.9 Å². The lowest BCUT2D eigenvalue weighted by molar-refractivity contribution is 0.0920. The highest BCUT2D eigenvalue weighted by molar-refractivity contribution is 5.91. The van der Waals surface area contributed by atoms with Crippen LogP contribution in [0.3, 0.4) is 0 Å². The second-order valence-corrected chi connectivity index (χ2v) is 4.51. The minimum atomic E-state index is -0.250. The van der Waals surface area contributed by atoms with Crippen molar-refractivity contribution in [2.75, 3.05) is 25.2 Å². The third-order valence-electron chi connectivity index (χ3n) is 2.23. The maximum atomic E-state index is 11.7. The fourth-order valence-electron chi connectivity index (χ4n) is 1.31. The number of aromatic nitrogens is 2. The number of nitrogens with zero attached hydrogens (tertiary/aromatic N) is 2. The number of ether oxygens (including phenoxy) is 1. The van der Waals surface area contributed by atoms with Crippen LogP contribution in [0.2, 0.25) is 0 Å². The molecule has 7 heteroatoms. The highest BCUT2D eigenvalue weighted by atomic mass is 16.5. The van der Waals surface area contributed by atoms with Gasteiger partial charge in [-0.1, -0.05) is 13.8 Å². The number of nitrogens with one attached hydrogen (secondary N) is 2. The van der Waals surface area contributed by atoms with Crippen LogP contribution in [0, 0.1) is 5.92 Å². The van der Waals surface area contributed by atoms with Crippen LogP contribution in [0.5, 0.6) is 0 Å². The maximum Gasteiger partial charge on any atom is 0.271 e. The summed E-state index contributed by atoms with van der Waals surface area (Å²) in [6, 6.07) is 0. The molecule has 0 aromatic carbocycles. The van der Waals surface area contributed by atoms with Crippen molar-refractivity contribution in [3.63, 3.8) is 0 Å². The second-order valence-electron chi connectivity index (χ2n) is 4.51. The summed E-state index contributed by atoms with van der Waals surface area (Å²) in [6.45, 7) is 6.13. The van der Waals surface area contributed by atoms with Gasteiger partial charge in [0.25, 0.3) is 5.91 Å².